The predicted molar refractivity (Wildman–Crippen MR) is 116 cm³/mol. The summed E-state index contributed by atoms with van der Waals surface area (Å²) in [7, 11) is 3.68. The molecular weight excluding hydrogens is 390 g/mol. The highest BCUT2D eigenvalue weighted by atomic mass is 35.5. The van der Waals surface area contributed by atoms with Crippen LogP contribution >= 0.6 is 11.6 Å². The van der Waals surface area contributed by atoms with Crippen molar-refractivity contribution in [3.63, 3.8) is 0 Å². The van der Waals surface area contributed by atoms with Crippen LogP contribution in [0.4, 0.5) is 11.4 Å². The maximum atomic E-state index is 12.4. The van der Waals surface area contributed by atoms with Crippen molar-refractivity contribution in [2.24, 2.45) is 0 Å². The zero-order valence-corrected chi connectivity index (χ0v) is 17.9. The second-order valence-electron chi connectivity index (χ2n) is 7.47. The van der Waals surface area contributed by atoms with Gasteiger partial charge in [-0.05, 0) is 62.8 Å². The Morgan fingerprint density at radius 1 is 1.31 bits per heavy atom. The molecule has 2 amide bonds. The fourth-order valence-electron chi connectivity index (χ4n) is 3.54. The molecule has 3 rings (SSSR count). The first-order valence-corrected chi connectivity index (χ1v) is 9.97. The van der Waals surface area contributed by atoms with Gasteiger partial charge < -0.3 is 20.3 Å². The van der Waals surface area contributed by atoms with Crippen LogP contribution in [0.3, 0.4) is 0 Å². The van der Waals surface area contributed by atoms with E-state index in [0.717, 1.165) is 16.7 Å². The van der Waals surface area contributed by atoms with Crippen LogP contribution in [0.1, 0.15) is 36.0 Å². The summed E-state index contributed by atoms with van der Waals surface area (Å²) in [6.45, 7) is 4.68. The van der Waals surface area contributed by atoms with Crippen molar-refractivity contribution < 1.29 is 14.3 Å². The van der Waals surface area contributed by atoms with E-state index in [9.17, 15) is 9.59 Å². The third-order valence-corrected chi connectivity index (χ3v) is 5.12. The van der Waals surface area contributed by atoms with Gasteiger partial charge in [0, 0.05) is 23.7 Å². The van der Waals surface area contributed by atoms with Crippen LogP contribution in [0.5, 0.6) is 5.75 Å². The average molecular weight is 416 g/mol. The second-order valence-corrected chi connectivity index (χ2v) is 7.88. The number of hydrogen-bond acceptors (Lipinski definition) is 4. The van der Waals surface area contributed by atoms with Crippen LogP contribution in [-0.4, -0.2) is 44.0 Å². The molecular formula is C22H26ClN3O3. The number of nitrogens with zero attached hydrogens (tertiary/aromatic N) is 1. The number of anilines is 2. The fourth-order valence-corrected chi connectivity index (χ4v) is 3.78. The molecule has 0 aromatic heterocycles. The van der Waals surface area contributed by atoms with E-state index < -0.39 is 0 Å². The molecule has 1 atom stereocenters. The lowest BCUT2D eigenvalue weighted by Crippen LogP contribution is -2.28. The SMILES string of the molecule is CCOc1ccc(C2CC(=O)Nc3cc(NC(=O)CN(C)C)c(C)cc32)cc1Cl. The van der Waals surface area contributed by atoms with Crippen molar-refractivity contribution in [2.75, 3.05) is 37.9 Å². The topological polar surface area (TPSA) is 70.7 Å². The Labute approximate surface area is 176 Å². The molecule has 1 aliphatic heterocycles. The van der Waals surface area contributed by atoms with Crippen LogP contribution < -0.4 is 15.4 Å². The maximum absolute atomic E-state index is 12.4. The molecule has 2 aromatic carbocycles. The first-order chi connectivity index (χ1) is 13.8. The Balaban J connectivity index is 1.95. The Morgan fingerprint density at radius 2 is 2.07 bits per heavy atom. The summed E-state index contributed by atoms with van der Waals surface area (Å²) < 4.78 is 5.51. The summed E-state index contributed by atoms with van der Waals surface area (Å²) in [5.41, 5.74) is 4.31. The highest BCUT2D eigenvalue weighted by molar-refractivity contribution is 6.32. The molecule has 154 valence electrons. The van der Waals surface area contributed by atoms with Crippen molar-refractivity contribution in [1.82, 2.24) is 4.90 Å². The van der Waals surface area contributed by atoms with Gasteiger partial charge in [-0.1, -0.05) is 23.7 Å². The van der Waals surface area contributed by atoms with Crippen LogP contribution in [0.2, 0.25) is 5.02 Å². The van der Waals surface area contributed by atoms with Gasteiger partial charge in [-0.2, -0.15) is 0 Å². The molecule has 1 unspecified atom stereocenters. The average Bonchev–Trinajstić information content (AvgIpc) is 2.63. The van der Waals surface area contributed by atoms with Crippen molar-refractivity contribution in [2.45, 2.75) is 26.2 Å². The Hall–Kier alpha value is -2.57. The standard InChI is InChI=1S/C22H26ClN3O3/c1-5-29-20-7-6-14(9-17(20)23)15-10-21(27)25-19-11-18(13(2)8-16(15)19)24-22(28)12-26(3)4/h6-9,11,15H,5,10,12H2,1-4H3,(H,24,28)(H,25,27). The molecule has 0 saturated carbocycles. The lowest BCUT2D eigenvalue weighted by molar-refractivity contribution is -0.117. The number of carbonyl (C=O) groups excluding carboxylic acids is 2. The number of amides is 2. The van der Waals surface area contributed by atoms with Crippen LogP contribution in [-0.2, 0) is 9.59 Å². The smallest absolute Gasteiger partial charge is 0.238 e. The summed E-state index contributed by atoms with van der Waals surface area (Å²) >= 11 is 6.37. The van der Waals surface area contributed by atoms with Crippen LogP contribution in [0.25, 0.3) is 0 Å². The van der Waals surface area contributed by atoms with Gasteiger partial charge >= 0.3 is 0 Å². The molecule has 0 aliphatic carbocycles. The number of rotatable bonds is 6. The number of halogens is 1. The number of ether oxygens (including phenoxy) is 1. The molecule has 1 heterocycles. The number of aryl methyl sites for hydroxylation is 1. The summed E-state index contributed by atoms with van der Waals surface area (Å²) in [6.07, 6.45) is 0.336. The van der Waals surface area contributed by atoms with Gasteiger partial charge in [-0.25, -0.2) is 0 Å². The van der Waals surface area contributed by atoms with Crippen LogP contribution in [0.15, 0.2) is 30.3 Å². The number of carbonyl (C=O) groups is 2. The Bertz CT molecular complexity index is 943. The first kappa shape index (κ1) is 21.1. The molecule has 7 heteroatoms. The minimum Gasteiger partial charge on any atom is -0.492 e. The molecule has 6 nitrogen and oxygen atoms in total. The van der Waals surface area contributed by atoms with E-state index in [4.69, 9.17) is 16.3 Å². The highest BCUT2D eigenvalue weighted by Gasteiger charge is 2.28. The molecule has 0 bridgehead atoms. The number of fused-ring (bicyclic) bond motifs is 1. The molecule has 2 N–H and O–H groups in total. The fraction of sp³-hybridized carbons (Fsp3) is 0.364. The van der Waals surface area contributed by atoms with Crippen molar-refractivity contribution in [3.8, 4) is 5.75 Å². The van der Waals surface area contributed by atoms with Crippen molar-refractivity contribution in [1.29, 1.82) is 0 Å². The number of likely N-dealkylation sites (N-methyl/N-ethyl adjacent to an activating group) is 1. The lowest BCUT2D eigenvalue weighted by atomic mass is 9.83. The van der Waals surface area contributed by atoms with E-state index >= 15 is 0 Å². The minimum absolute atomic E-state index is 0.0677. The van der Waals surface area contributed by atoms with Gasteiger partial charge in [0.05, 0.1) is 18.2 Å². The zero-order valence-electron chi connectivity index (χ0n) is 17.1. The summed E-state index contributed by atoms with van der Waals surface area (Å²) in [6, 6.07) is 9.51. The number of benzene rings is 2. The van der Waals surface area contributed by atoms with Gasteiger partial charge in [0.25, 0.3) is 0 Å². The molecule has 29 heavy (non-hydrogen) atoms. The van der Waals surface area contributed by atoms with Gasteiger partial charge in [0.2, 0.25) is 11.8 Å². The molecule has 0 spiro atoms. The second kappa shape index (κ2) is 8.84. The number of nitrogens with one attached hydrogen (secondary N) is 2. The van der Waals surface area contributed by atoms with Crippen molar-refractivity contribution in [3.05, 3.63) is 52.0 Å². The van der Waals surface area contributed by atoms with Gasteiger partial charge in [-0.15, -0.1) is 0 Å². The van der Waals surface area contributed by atoms with E-state index in [-0.39, 0.29) is 24.3 Å². The Kier molecular flexibility index (Phi) is 6.45. The number of hydrogen-bond donors (Lipinski definition) is 2. The predicted octanol–water partition coefficient (Wildman–Crippen LogP) is 4.02. The molecule has 0 radical (unpaired) electrons. The molecule has 2 aromatic rings. The largest absolute Gasteiger partial charge is 0.492 e. The van der Waals surface area contributed by atoms with E-state index in [0.29, 0.717) is 35.2 Å². The third kappa shape index (κ3) is 4.89. The summed E-state index contributed by atoms with van der Waals surface area (Å²) in [5, 5.41) is 6.38. The summed E-state index contributed by atoms with van der Waals surface area (Å²) in [5.74, 6) is 0.350. The molecule has 0 saturated heterocycles. The van der Waals surface area contributed by atoms with E-state index in [1.165, 1.54) is 0 Å². The minimum atomic E-state index is -0.114. The maximum Gasteiger partial charge on any atom is 0.238 e. The van der Waals surface area contributed by atoms with Gasteiger partial charge in [-0.3, -0.25) is 9.59 Å². The van der Waals surface area contributed by atoms with E-state index in [2.05, 4.69) is 10.6 Å². The first-order valence-electron chi connectivity index (χ1n) is 9.59. The third-order valence-electron chi connectivity index (χ3n) is 4.83. The molecule has 1 aliphatic rings. The zero-order chi connectivity index (χ0) is 21.1. The van der Waals surface area contributed by atoms with Crippen molar-refractivity contribution >= 4 is 34.8 Å². The van der Waals surface area contributed by atoms with Gasteiger partial charge in [0.1, 0.15) is 5.75 Å². The van der Waals surface area contributed by atoms with Gasteiger partial charge in [0.15, 0.2) is 0 Å². The normalized spacial score (nSPS) is 15.7. The van der Waals surface area contributed by atoms with E-state index in [1.807, 2.05) is 58.3 Å². The van der Waals surface area contributed by atoms with E-state index in [1.54, 1.807) is 4.90 Å². The van der Waals surface area contributed by atoms with Crippen LogP contribution in [0, 0.1) is 6.92 Å². The lowest BCUT2D eigenvalue weighted by Gasteiger charge is -2.28. The monoisotopic (exact) mass is 415 g/mol. The molecule has 0 fully saturated rings. The quantitative estimate of drug-likeness (QED) is 0.747. The highest BCUT2D eigenvalue weighted by Crippen LogP contribution is 2.41. The Morgan fingerprint density at radius 3 is 2.72 bits per heavy atom. The summed E-state index contributed by atoms with van der Waals surface area (Å²) in [4.78, 5) is 26.3.